The molecule has 2 amide bonds. The van der Waals surface area contributed by atoms with Gasteiger partial charge in [0.25, 0.3) is 0 Å². The normalized spacial score (nSPS) is 21.1. The van der Waals surface area contributed by atoms with Crippen LogP contribution in [0.25, 0.3) is 0 Å². The second kappa shape index (κ2) is 6.78. The zero-order valence-corrected chi connectivity index (χ0v) is 11.4. The molecule has 0 radical (unpaired) electrons. The molecule has 1 atom stereocenters. The number of amides is 2. The maximum Gasteiger partial charge on any atom is 0.315 e. The Kier molecular flexibility index (Phi) is 5.05. The summed E-state index contributed by atoms with van der Waals surface area (Å²) in [6.45, 7) is 0.695. The van der Waals surface area contributed by atoms with E-state index in [0.29, 0.717) is 12.5 Å². The van der Waals surface area contributed by atoms with Crippen molar-refractivity contribution in [1.82, 2.24) is 10.6 Å². The number of aliphatic carboxylic acids is 1. The largest absolute Gasteiger partial charge is 0.481 e. The van der Waals surface area contributed by atoms with Crippen LogP contribution < -0.4 is 10.6 Å². The van der Waals surface area contributed by atoms with Crippen LogP contribution in [0.3, 0.4) is 0 Å². The Morgan fingerprint density at radius 1 is 1.16 bits per heavy atom. The monoisotopic (exact) mass is 268 g/mol. The van der Waals surface area contributed by atoms with Crippen molar-refractivity contribution in [3.63, 3.8) is 0 Å². The van der Waals surface area contributed by atoms with Gasteiger partial charge in [0, 0.05) is 12.6 Å². The predicted octanol–water partition coefficient (Wildman–Crippen LogP) is 2.12. The van der Waals surface area contributed by atoms with E-state index in [1.54, 1.807) is 0 Å². The molecule has 0 saturated heterocycles. The van der Waals surface area contributed by atoms with Crippen molar-refractivity contribution < 1.29 is 14.7 Å². The van der Waals surface area contributed by atoms with E-state index >= 15 is 0 Å². The molecule has 0 aromatic rings. The van der Waals surface area contributed by atoms with Gasteiger partial charge in [-0.3, -0.25) is 4.79 Å². The molecule has 2 saturated carbocycles. The summed E-state index contributed by atoms with van der Waals surface area (Å²) in [5, 5.41) is 14.5. The molecule has 2 rings (SSSR count). The molecule has 19 heavy (non-hydrogen) atoms. The summed E-state index contributed by atoms with van der Waals surface area (Å²) in [6, 6.07) is -0.417. The van der Waals surface area contributed by atoms with Crippen molar-refractivity contribution in [2.45, 2.75) is 57.4 Å². The Bertz CT molecular complexity index is 323. The first kappa shape index (κ1) is 14.2. The fourth-order valence-corrected chi connectivity index (χ4v) is 2.93. The Morgan fingerprint density at radius 2 is 1.84 bits per heavy atom. The number of carbonyl (C=O) groups excluding carboxylic acids is 1. The molecule has 0 heterocycles. The lowest BCUT2D eigenvalue weighted by Gasteiger charge is -2.17. The molecule has 0 bridgehead atoms. The summed E-state index contributed by atoms with van der Waals surface area (Å²) < 4.78 is 0. The Balaban J connectivity index is 1.62. The molecule has 5 heteroatoms. The number of carbonyl (C=O) groups is 2. The lowest BCUT2D eigenvalue weighted by Crippen LogP contribution is -2.44. The molecule has 0 aromatic heterocycles. The lowest BCUT2D eigenvalue weighted by atomic mass is 10.0. The molecule has 0 spiro atoms. The standard InChI is InChI=1S/C14H24N2O3/c17-13(18)9-12(11-5-6-11)16-14(19)15-8-7-10-3-1-2-4-10/h10-12H,1-9H2,(H,17,18)(H2,15,16,19). The topological polar surface area (TPSA) is 78.4 Å². The first-order chi connectivity index (χ1) is 9.15. The van der Waals surface area contributed by atoms with Gasteiger partial charge in [0.1, 0.15) is 0 Å². The molecular formula is C14H24N2O3. The van der Waals surface area contributed by atoms with Crippen LogP contribution >= 0.6 is 0 Å². The van der Waals surface area contributed by atoms with E-state index in [2.05, 4.69) is 10.6 Å². The second-order valence-electron chi connectivity index (χ2n) is 5.88. The minimum absolute atomic E-state index is 0.0285. The van der Waals surface area contributed by atoms with Gasteiger partial charge in [-0.1, -0.05) is 25.7 Å². The smallest absolute Gasteiger partial charge is 0.315 e. The van der Waals surface area contributed by atoms with E-state index in [1.807, 2.05) is 0 Å². The third-order valence-corrected chi connectivity index (χ3v) is 4.21. The number of hydrogen-bond donors (Lipinski definition) is 3. The van der Waals surface area contributed by atoms with Crippen molar-refractivity contribution in [3.05, 3.63) is 0 Å². The average molecular weight is 268 g/mol. The van der Waals surface area contributed by atoms with Crippen LogP contribution in [-0.2, 0) is 4.79 Å². The van der Waals surface area contributed by atoms with Crippen LogP contribution in [0, 0.1) is 11.8 Å². The van der Waals surface area contributed by atoms with Gasteiger partial charge in [-0.15, -0.1) is 0 Å². The Labute approximate surface area is 114 Å². The molecule has 0 aromatic carbocycles. The number of nitrogens with one attached hydrogen (secondary N) is 2. The quantitative estimate of drug-likeness (QED) is 0.661. The van der Waals surface area contributed by atoms with Gasteiger partial charge in [-0.05, 0) is 31.1 Å². The minimum Gasteiger partial charge on any atom is -0.481 e. The predicted molar refractivity (Wildman–Crippen MR) is 71.9 cm³/mol. The van der Waals surface area contributed by atoms with Crippen molar-refractivity contribution in [3.8, 4) is 0 Å². The molecule has 1 unspecified atom stereocenters. The summed E-state index contributed by atoms with van der Waals surface area (Å²) in [6.07, 6.45) is 8.33. The number of urea groups is 1. The van der Waals surface area contributed by atoms with Gasteiger partial charge in [0.05, 0.1) is 6.42 Å². The van der Waals surface area contributed by atoms with Gasteiger partial charge < -0.3 is 15.7 Å². The molecule has 0 aliphatic heterocycles. The van der Waals surface area contributed by atoms with Gasteiger partial charge in [0.15, 0.2) is 0 Å². The maximum atomic E-state index is 11.7. The molecule has 2 aliphatic carbocycles. The highest BCUT2D eigenvalue weighted by Crippen LogP contribution is 2.34. The van der Waals surface area contributed by atoms with Crippen LogP contribution in [0.15, 0.2) is 0 Å². The van der Waals surface area contributed by atoms with Crippen LogP contribution in [-0.4, -0.2) is 29.7 Å². The number of rotatable bonds is 7. The van der Waals surface area contributed by atoms with Gasteiger partial charge in [-0.25, -0.2) is 4.79 Å². The number of carboxylic acids is 1. The average Bonchev–Trinajstić information content (AvgIpc) is 3.07. The highest BCUT2D eigenvalue weighted by atomic mass is 16.4. The summed E-state index contributed by atoms with van der Waals surface area (Å²) in [7, 11) is 0. The van der Waals surface area contributed by atoms with E-state index in [1.165, 1.54) is 25.7 Å². The lowest BCUT2D eigenvalue weighted by molar-refractivity contribution is -0.137. The van der Waals surface area contributed by atoms with E-state index < -0.39 is 5.97 Å². The third-order valence-electron chi connectivity index (χ3n) is 4.21. The van der Waals surface area contributed by atoms with E-state index in [9.17, 15) is 9.59 Å². The fourth-order valence-electron chi connectivity index (χ4n) is 2.93. The van der Waals surface area contributed by atoms with Crippen LogP contribution in [0.2, 0.25) is 0 Å². The number of carboxylic acid groups (broad SMARTS) is 1. The number of hydrogen-bond acceptors (Lipinski definition) is 2. The molecule has 2 aliphatic rings. The zero-order chi connectivity index (χ0) is 13.7. The van der Waals surface area contributed by atoms with Crippen LogP contribution in [0.1, 0.15) is 51.4 Å². The summed E-state index contributed by atoms with van der Waals surface area (Å²) in [5.41, 5.74) is 0. The fraction of sp³-hybridized carbons (Fsp3) is 0.857. The highest BCUT2D eigenvalue weighted by Gasteiger charge is 2.33. The summed E-state index contributed by atoms with van der Waals surface area (Å²) in [4.78, 5) is 22.5. The zero-order valence-electron chi connectivity index (χ0n) is 11.4. The third kappa shape index (κ3) is 5.09. The highest BCUT2D eigenvalue weighted by molar-refractivity contribution is 5.75. The minimum atomic E-state index is -0.844. The van der Waals surface area contributed by atoms with E-state index in [-0.39, 0.29) is 18.5 Å². The van der Waals surface area contributed by atoms with Gasteiger partial charge in [0.2, 0.25) is 0 Å². The molecule has 108 valence electrons. The van der Waals surface area contributed by atoms with Gasteiger partial charge in [-0.2, -0.15) is 0 Å². The maximum absolute atomic E-state index is 11.7. The Morgan fingerprint density at radius 3 is 2.42 bits per heavy atom. The second-order valence-corrected chi connectivity index (χ2v) is 5.88. The Hall–Kier alpha value is -1.26. The summed E-state index contributed by atoms with van der Waals surface area (Å²) in [5.74, 6) is 0.276. The van der Waals surface area contributed by atoms with Crippen molar-refractivity contribution >= 4 is 12.0 Å². The van der Waals surface area contributed by atoms with Crippen LogP contribution in [0.5, 0.6) is 0 Å². The van der Waals surface area contributed by atoms with Crippen molar-refractivity contribution in [2.75, 3.05) is 6.54 Å². The molecule has 5 nitrogen and oxygen atoms in total. The SMILES string of the molecule is O=C(O)CC(NC(=O)NCCC1CCCC1)C1CC1. The van der Waals surface area contributed by atoms with E-state index in [4.69, 9.17) is 5.11 Å². The molecule has 3 N–H and O–H groups in total. The summed E-state index contributed by atoms with van der Waals surface area (Å²) >= 11 is 0. The van der Waals surface area contributed by atoms with Crippen LogP contribution in [0.4, 0.5) is 4.79 Å². The first-order valence-electron chi connectivity index (χ1n) is 7.41. The van der Waals surface area contributed by atoms with E-state index in [0.717, 1.165) is 25.2 Å². The van der Waals surface area contributed by atoms with Crippen molar-refractivity contribution in [2.24, 2.45) is 11.8 Å². The van der Waals surface area contributed by atoms with Crippen molar-refractivity contribution in [1.29, 1.82) is 0 Å². The first-order valence-corrected chi connectivity index (χ1v) is 7.41. The molecule has 2 fully saturated rings. The molecular weight excluding hydrogens is 244 g/mol. The van der Waals surface area contributed by atoms with Gasteiger partial charge >= 0.3 is 12.0 Å².